The van der Waals surface area contributed by atoms with E-state index < -0.39 is 0 Å². The summed E-state index contributed by atoms with van der Waals surface area (Å²) in [7, 11) is 0. The molecule has 2 unspecified atom stereocenters. The number of aromatic amines is 1. The zero-order valence-corrected chi connectivity index (χ0v) is 14.7. The van der Waals surface area contributed by atoms with Crippen molar-refractivity contribution >= 4 is 18.3 Å². The van der Waals surface area contributed by atoms with Crippen LogP contribution in [0.15, 0.2) is 35.1 Å². The van der Waals surface area contributed by atoms with Crippen molar-refractivity contribution < 1.29 is 4.79 Å². The number of piperidine rings is 1. The summed E-state index contributed by atoms with van der Waals surface area (Å²) in [4.78, 5) is 24.5. The van der Waals surface area contributed by atoms with Crippen molar-refractivity contribution in [3.05, 3.63) is 51.9 Å². The molecule has 7 heteroatoms. The Morgan fingerprint density at radius 2 is 2.00 bits per heavy atom. The molecule has 1 aliphatic rings. The fourth-order valence-corrected chi connectivity index (χ4v) is 2.87. The largest absolute Gasteiger partial charge is 0.348 e. The summed E-state index contributed by atoms with van der Waals surface area (Å²) in [5.74, 6) is 0.144. The van der Waals surface area contributed by atoms with Crippen molar-refractivity contribution in [3.8, 4) is 5.69 Å². The molecule has 24 heavy (non-hydrogen) atoms. The number of nitrogens with one attached hydrogen (secondary N) is 3. The molecule has 0 spiro atoms. The molecule has 1 fully saturated rings. The number of carbonyl (C=O) groups is 1. The molecule has 3 rings (SSSR count). The first-order valence-electron chi connectivity index (χ1n) is 7.95. The van der Waals surface area contributed by atoms with Gasteiger partial charge in [-0.05, 0) is 44.5 Å². The first-order chi connectivity index (χ1) is 11.0. The van der Waals surface area contributed by atoms with Gasteiger partial charge in [-0.25, -0.2) is 4.68 Å². The van der Waals surface area contributed by atoms with E-state index in [1.54, 1.807) is 0 Å². The fourth-order valence-electron chi connectivity index (χ4n) is 2.87. The molecule has 0 saturated carbocycles. The van der Waals surface area contributed by atoms with E-state index in [0.29, 0.717) is 11.6 Å². The summed E-state index contributed by atoms with van der Waals surface area (Å²) in [5, 5.41) is 9.23. The van der Waals surface area contributed by atoms with E-state index in [4.69, 9.17) is 0 Å². The van der Waals surface area contributed by atoms with Crippen molar-refractivity contribution in [1.29, 1.82) is 0 Å². The van der Waals surface area contributed by atoms with Crippen LogP contribution in [-0.4, -0.2) is 34.8 Å². The highest BCUT2D eigenvalue weighted by Crippen LogP contribution is 2.11. The lowest BCUT2D eigenvalue weighted by molar-refractivity contribution is 0.0908. The lowest BCUT2D eigenvalue weighted by Gasteiger charge is -2.29. The van der Waals surface area contributed by atoms with E-state index in [9.17, 15) is 9.59 Å². The average molecular weight is 351 g/mol. The first-order valence-corrected chi connectivity index (χ1v) is 7.95. The Labute approximate surface area is 147 Å². The van der Waals surface area contributed by atoms with Crippen LogP contribution in [0.2, 0.25) is 0 Å². The molecule has 1 aromatic carbocycles. The minimum Gasteiger partial charge on any atom is -0.348 e. The first kappa shape index (κ1) is 18.3. The van der Waals surface area contributed by atoms with Crippen LogP contribution in [0.25, 0.3) is 5.69 Å². The van der Waals surface area contributed by atoms with Crippen LogP contribution in [0.5, 0.6) is 0 Å². The number of benzene rings is 1. The van der Waals surface area contributed by atoms with Gasteiger partial charge in [0.1, 0.15) is 5.69 Å². The zero-order valence-electron chi connectivity index (χ0n) is 13.8. The standard InChI is InChI=1S/C17H22N4O2.ClH/c1-11-3-5-13(6-4-11)21-16(22)9-15(20-21)17(23)19-14-7-8-18-10-12(14)2;/h3-6,9,12,14,18,20H,7-8,10H2,1-2H3,(H,19,23);1H. The summed E-state index contributed by atoms with van der Waals surface area (Å²) in [6.07, 6.45) is 0.899. The van der Waals surface area contributed by atoms with Crippen LogP contribution < -0.4 is 16.2 Å². The van der Waals surface area contributed by atoms with Gasteiger partial charge in [0.05, 0.1) is 5.69 Å². The van der Waals surface area contributed by atoms with E-state index in [2.05, 4.69) is 22.7 Å². The lowest BCUT2D eigenvalue weighted by Crippen LogP contribution is -2.48. The normalized spacial score (nSPS) is 20.2. The fraction of sp³-hybridized carbons (Fsp3) is 0.412. The van der Waals surface area contributed by atoms with Gasteiger partial charge in [-0.1, -0.05) is 24.6 Å². The summed E-state index contributed by atoms with van der Waals surface area (Å²) in [6.45, 7) is 5.89. The maximum absolute atomic E-state index is 12.4. The number of halogens is 1. The minimum atomic E-state index is -0.239. The zero-order chi connectivity index (χ0) is 16.4. The van der Waals surface area contributed by atoms with Gasteiger partial charge in [-0.15, -0.1) is 12.4 Å². The second kappa shape index (κ2) is 7.68. The topological polar surface area (TPSA) is 78.9 Å². The molecule has 1 saturated heterocycles. The third-order valence-corrected chi connectivity index (χ3v) is 4.36. The summed E-state index contributed by atoms with van der Waals surface area (Å²) in [6, 6.07) is 9.04. The van der Waals surface area contributed by atoms with Crippen LogP contribution >= 0.6 is 12.4 Å². The predicted octanol–water partition coefficient (Wildman–Crippen LogP) is 1.62. The molecule has 1 amide bonds. The van der Waals surface area contributed by atoms with E-state index in [-0.39, 0.29) is 29.9 Å². The van der Waals surface area contributed by atoms with Crippen molar-refractivity contribution in [1.82, 2.24) is 20.4 Å². The van der Waals surface area contributed by atoms with Gasteiger partial charge in [0.25, 0.3) is 11.5 Å². The minimum absolute atomic E-state index is 0. The van der Waals surface area contributed by atoms with Gasteiger partial charge >= 0.3 is 0 Å². The number of nitrogens with zero attached hydrogens (tertiary/aromatic N) is 1. The Balaban J connectivity index is 0.00000208. The van der Waals surface area contributed by atoms with Crippen LogP contribution in [-0.2, 0) is 0 Å². The van der Waals surface area contributed by atoms with Crippen molar-refractivity contribution in [2.75, 3.05) is 13.1 Å². The van der Waals surface area contributed by atoms with E-state index >= 15 is 0 Å². The number of aryl methyl sites for hydroxylation is 1. The molecular formula is C17H23ClN4O2. The molecular weight excluding hydrogens is 328 g/mol. The number of hydrogen-bond donors (Lipinski definition) is 3. The smallest absolute Gasteiger partial charge is 0.271 e. The highest BCUT2D eigenvalue weighted by atomic mass is 35.5. The number of hydrogen-bond acceptors (Lipinski definition) is 3. The van der Waals surface area contributed by atoms with Gasteiger partial charge in [0, 0.05) is 12.1 Å². The number of amides is 1. The van der Waals surface area contributed by atoms with Crippen LogP contribution in [0, 0.1) is 12.8 Å². The van der Waals surface area contributed by atoms with Gasteiger partial charge in [0.2, 0.25) is 0 Å². The lowest BCUT2D eigenvalue weighted by atomic mass is 9.95. The molecule has 0 radical (unpaired) electrons. The Morgan fingerprint density at radius 1 is 1.29 bits per heavy atom. The summed E-state index contributed by atoms with van der Waals surface area (Å²) >= 11 is 0. The molecule has 6 nitrogen and oxygen atoms in total. The Hall–Kier alpha value is -2.05. The van der Waals surface area contributed by atoms with Gasteiger partial charge in [0.15, 0.2) is 0 Å². The SMILES string of the molecule is Cc1ccc(-n2[nH]c(C(=O)NC3CCNCC3C)cc2=O)cc1.Cl. The van der Waals surface area contributed by atoms with Crippen molar-refractivity contribution in [2.45, 2.75) is 26.3 Å². The highest BCUT2D eigenvalue weighted by Gasteiger charge is 2.24. The van der Waals surface area contributed by atoms with Crippen LogP contribution in [0.1, 0.15) is 29.4 Å². The molecule has 2 aromatic rings. The summed E-state index contributed by atoms with van der Waals surface area (Å²) in [5.41, 5.74) is 1.89. The molecule has 1 aliphatic heterocycles. The molecule has 1 aromatic heterocycles. The van der Waals surface area contributed by atoms with Crippen molar-refractivity contribution in [2.24, 2.45) is 5.92 Å². The highest BCUT2D eigenvalue weighted by molar-refractivity contribution is 5.92. The molecule has 2 heterocycles. The van der Waals surface area contributed by atoms with E-state index in [0.717, 1.165) is 30.8 Å². The molecule has 2 atom stereocenters. The Kier molecular flexibility index (Phi) is 5.85. The molecule has 0 bridgehead atoms. The second-order valence-corrected chi connectivity index (χ2v) is 6.23. The number of carbonyl (C=O) groups excluding carboxylic acids is 1. The van der Waals surface area contributed by atoms with Gasteiger partial charge in [-0.3, -0.25) is 14.7 Å². The molecule has 130 valence electrons. The number of rotatable bonds is 3. The van der Waals surface area contributed by atoms with Crippen LogP contribution in [0.3, 0.4) is 0 Å². The quantitative estimate of drug-likeness (QED) is 0.787. The predicted molar refractivity (Wildman–Crippen MR) is 96.3 cm³/mol. The number of H-pyrrole nitrogens is 1. The summed E-state index contributed by atoms with van der Waals surface area (Å²) < 4.78 is 1.39. The Bertz CT molecular complexity index is 751. The average Bonchev–Trinajstić information content (AvgIpc) is 2.92. The van der Waals surface area contributed by atoms with Crippen molar-refractivity contribution in [3.63, 3.8) is 0 Å². The van der Waals surface area contributed by atoms with E-state index in [1.165, 1.54) is 10.7 Å². The van der Waals surface area contributed by atoms with Gasteiger partial charge in [-0.2, -0.15) is 0 Å². The Morgan fingerprint density at radius 3 is 2.67 bits per heavy atom. The maximum atomic E-state index is 12.4. The third-order valence-electron chi connectivity index (χ3n) is 4.36. The second-order valence-electron chi connectivity index (χ2n) is 6.23. The van der Waals surface area contributed by atoms with E-state index in [1.807, 2.05) is 31.2 Å². The monoisotopic (exact) mass is 350 g/mol. The third kappa shape index (κ3) is 3.88. The maximum Gasteiger partial charge on any atom is 0.271 e. The molecule has 3 N–H and O–H groups in total. The van der Waals surface area contributed by atoms with Gasteiger partial charge < -0.3 is 10.6 Å². The number of aromatic nitrogens is 2. The van der Waals surface area contributed by atoms with Crippen LogP contribution in [0.4, 0.5) is 0 Å². The molecule has 0 aliphatic carbocycles.